The third kappa shape index (κ3) is 3.19. The van der Waals surface area contributed by atoms with Crippen molar-refractivity contribution in [2.75, 3.05) is 19.6 Å². The molecule has 94 valence electrons. The average Bonchev–Trinajstić information content (AvgIpc) is 2.28. The predicted octanol–water partition coefficient (Wildman–Crippen LogP) is 0.570. The number of likely N-dealkylation sites (N-methyl/N-ethyl adjacent to an activating group) is 1. The summed E-state index contributed by atoms with van der Waals surface area (Å²) in [4.78, 5) is 14.0. The Morgan fingerprint density at radius 3 is 2.88 bits per heavy atom. The molecular formula is C12H25N3O. The van der Waals surface area contributed by atoms with Gasteiger partial charge in [0.1, 0.15) is 0 Å². The second kappa shape index (κ2) is 6.21. The molecule has 0 radical (unpaired) electrons. The normalized spacial score (nSPS) is 28.8. The molecule has 16 heavy (non-hydrogen) atoms. The van der Waals surface area contributed by atoms with Gasteiger partial charge in [0.15, 0.2) is 0 Å². The average molecular weight is 227 g/mol. The number of hydrogen-bond acceptors (Lipinski definition) is 3. The van der Waals surface area contributed by atoms with Gasteiger partial charge >= 0.3 is 0 Å². The molecule has 3 unspecified atom stereocenters. The van der Waals surface area contributed by atoms with E-state index in [1.807, 2.05) is 13.8 Å². The predicted molar refractivity (Wildman–Crippen MR) is 66.1 cm³/mol. The van der Waals surface area contributed by atoms with Gasteiger partial charge in [0.25, 0.3) is 0 Å². The van der Waals surface area contributed by atoms with Gasteiger partial charge in [-0.3, -0.25) is 9.69 Å². The molecule has 0 spiro atoms. The van der Waals surface area contributed by atoms with E-state index in [0.717, 1.165) is 18.9 Å². The van der Waals surface area contributed by atoms with Gasteiger partial charge in [-0.1, -0.05) is 6.92 Å². The van der Waals surface area contributed by atoms with Gasteiger partial charge in [-0.2, -0.15) is 0 Å². The zero-order valence-electron chi connectivity index (χ0n) is 10.7. The molecule has 4 heteroatoms. The van der Waals surface area contributed by atoms with Crippen molar-refractivity contribution >= 4 is 5.91 Å². The highest BCUT2D eigenvalue weighted by molar-refractivity contribution is 5.81. The molecule has 0 aromatic rings. The second-order valence-electron chi connectivity index (χ2n) is 4.83. The fourth-order valence-electron chi connectivity index (χ4n) is 2.48. The lowest BCUT2D eigenvalue weighted by molar-refractivity contribution is -0.127. The SMILES string of the molecule is CCNC(=O)C(C)N1CCC(C)CC1CN. The van der Waals surface area contributed by atoms with Crippen LogP contribution in [0.1, 0.15) is 33.6 Å². The molecule has 1 saturated heterocycles. The number of amides is 1. The van der Waals surface area contributed by atoms with Crippen molar-refractivity contribution in [1.29, 1.82) is 0 Å². The summed E-state index contributed by atoms with van der Waals surface area (Å²) in [6.45, 7) is 8.51. The Labute approximate surface area is 98.6 Å². The summed E-state index contributed by atoms with van der Waals surface area (Å²) in [6.07, 6.45) is 2.28. The third-order valence-corrected chi connectivity index (χ3v) is 3.52. The van der Waals surface area contributed by atoms with E-state index in [4.69, 9.17) is 5.73 Å². The lowest BCUT2D eigenvalue weighted by Crippen LogP contribution is -2.55. The lowest BCUT2D eigenvalue weighted by Gasteiger charge is -2.40. The fraction of sp³-hybridized carbons (Fsp3) is 0.917. The Morgan fingerprint density at radius 1 is 1.62 bits per heavy atom. The van der Waals surface area contributed by atoms with Gasteiger partial charge in [0, 0.05) is 19.1 Å². The monoisotopic (exact) mass is 227 g/mol. The first-order chi connectivity index (χ1) is 7.60. The van der Waals surface area contributed by atoms with Crippen LogP contribution >= 0.6 is 0 Å². The van der Waals surface area contributed by atoms with E-state index in [9.17, 15) is 4.79 Å². The summed E-state index contributed by atoms with van der Waals surface area (Å²) in [5, 5.41) is 2.88. The van der Waals surface area contributed by atoms with Crippen LogP contribution in [0.15, 0.2) is 0 Å². The maximum Gasteiger partial charge on any atom is 0.237 e. The zero-order chi connectivity index (χ0) is 12.1. The molecule has 3 N–H and O–H groups in total. The van der Waals surface area contributed by atoms with E-state index < -0.39 is 0 Å². The van der Waals surface area contributed by atoms with Crippen LogP contribution in [0.5, 0.6) is 0 Å². The van der Waals surface area contributed by atoms with Crippen LogP contribution < -0.4 is 11.1 Å². The molecule has 1 amide bonds. The highest BCUT2D eigenvalue weighted by Gasteiger charge is 2.31. The quantitative estimate of drug-likeness (QED) is 0.738. The smallest absolute Gasteiger partial charge is 0.237 e. The largest absolute Gasteiger partial charge is 0.355 e. The summed E-state index contributed by atoms with van der Waals surface area (Å²) in [7, 11) is 0. The van der Waals surface area contributed by atoms with Crippen molar-refractivity contribution in [1.82, 2.24) is 10.2 Å². The number of carbonyl (C=O) groups is 1. The van der Waals surface area contributed by atoms with Crippen LogP contribution in [0, 0.1) is 5.92 Å². The lowest BCUT2D eigenvalue weighted by atomic mass is 9.91. The molecule has 1 aliphatic heterocycles. The van der Waals surface area contributed by atoms with Gasteiger partial charge in [-0.25, -0.2) is 0 Å². The highest BCUT2D eigenvalue weighted by atomic mass is 16.2. The van der Waals surface area contributed by atoms with E-state index in [0.29, 0.717) is 19.1 Å². The number of likely N-dealkylation sites (tertiary alicyclic amines) is 1. The van der Waals surface area contributed by atoms with Gasteiger partial charge < -0.3 is 11.1 Å². The zero-order valence-corrected chi connectivity index (χ0v) is 10.7. The first-order valence-electron chi connectivity index (χ1n) is 6.33. The summed E-state index contributed by atoms with van der Waals surface area (Å²) in [5.41, 5.74) is 5.79. The number of piperidine rings is 1. The summed E-state index contributed by atoms with van der Waals surface area (Å²) in [5.74, 6) is 0.849. The number of nitrogens with two attached hydrogens (primary N) is 1. The molecule has 0 aliphatic carbocycles. The van der Waals surface area contributed by atoms with Crippen LogP contribution in [0.4, 0.5) is 0 Å². The minimum absolute atomic E-state index is 0.0546. The molecule has 0 bridgehead atoms. The van der Waals surface area contributed by atoms with E-state index >= 15 is 0 Å². The fourth-order valence-corrected chi connectivity index (χ4v) is 2.48. The molecule has 4 nitrogen and oxygen atoms in total. The Balaban J connectivity index is 2.59. The van der Waals surface area contributed by atoms with Gasteiger partial charge in [-0.15, -0.1) is 0 Å². The van der Waals surface area contributed by atoms with Crippen LogP contribution in [0.3, 0.4) is 0 Å². The minimum atomic E-state index is -0.0546. The van der Waals surface area contributed by atoms with Gasteiger partial charge in [-0.05, 0) is 39.2 Å². The van der Waals surface area contributed by atoms with Gasteiger partial charge in [0.2, 0.25) is 5.91 Å². The Kier molecular flexibility index (Phi) is 5.22. The van der Waals surface area contributed by atoms with Crippen LogP contribution in [0.25, 0.3) is 0 Å². The molecule has 1 rings (SSSR count). The Morgan fingerprint density at radius 2 is 2.31 bits per heavy atom. The summed E-state index contributed by atoms with van der Waals surface area (Å²) >= 11 is 0. The van der Waals surface area contributed by atoms with Crippen molar-refractivity contribution in [3.63, 3.8) is 0 Å². The molecule has 0 aromatic heterocycles. The number of nitrogens with zero attached hydrogens (tertiary/aromatic N) is 1. The number of carbonyl (C=O) groups excluding carboxylic acids is 1. The van der Waals surface area contributed by atoms with Crippen LogP contribution in [-0.2, 0) is 4.79 Å². The number of hydrogen-bond donors (Lipinski definition) is 2. The number of nitrogens with one attached hydrogen (secondary N) is 1. The molecular weight excluding hydrogens is 202 g/mol. The molecule has 0 aromatic carbocycles. The first-order valence-corrected chi connectivity index (χ1v) is 6.33. The second-order valence-corrected chi connectivity index (χ2v) is 4.83. The summed E-state index contributed by atoms with van der Waals surface area (Å²) in [6, 6.07) is 0.308. The van der Waals surface area contributed by atoms with E-state index in [-0.39, 0.29) is 11.9 Å². The van der Waals surface area contributed by atoms with Crippen LogP contribution in [-0.4, -0.2) is 42.5 Å². The number of rotatable bonds is 4. The van der Waals surface area contributed by atoms with Crippen molar-refractivity contribution in [2.24, 2.45) is 11.7 Å². The molecule has 0 saturated carbocycles. The minimum Gasteiger partial charge on any atom is -0.355 e. The molecule has 1 heterocycles. The van der Waals surface area contributed by atoms with Crippen LogP contribution in [0.2, 0.25) is 0 Å². The van der Waals surface area contributed by atoms with Crippen molar-refractivity contribution in [3.8, 4) is 0 Å². The Hall–Kier alpha value is -0.610. The van der Waals surface area contributed by atoms with E-state index in [2.05, 4.69) is 17.1 Å². The topological polar surface area (TPSA) is 58.4 Å². The van der Waals surface area contributed by atoms with Gasteiger partial charge in [0.05, 0.1) is 6.04 Å². The molecule has 1 fully saturated rings. The standard InChI is InChI=1S/C12H25N3O/c1-4-14-12(16)10(3)15-6-5-9(2)7-11(15)8-13/h9-11H,4-8,13H2,1-3H3,(H,14,16). The maximum absolute atomic E-state index is 11.8. The molecule has 3 atom stereocenters. The van der Waals surface area contributed by atoms with Crippen molar-refractivity contribution < 1.29 is 4.79 Å². The Bertz CT molecular complexity index is 232. The molecule has 1 aliphatic rings. The van der Waals surface area contributed by atoms with E-state index in [1.54, 1.807) is 0 Å². The van der Waals surface area contributed by atoms with Crippen molar-refractivity contribution in [3.05, 3.63) is 0 Å². The third-order valence-electron chi connectivity index (χ3n) is 3.52. The van der Waals surface area contributed by atoms with E-state index in [1.165, 1.54) is 6.42 Å². The van der Waals surface area contributed by atoms with Crippen molar-refractivity contribution in [2.45, 2.75) is 45.7 Å². The summed E-state index contributed by atoms with van der Waals surface area (Å²) < 4.78 is 0. The first kappa shape index (κ1) is 13.5. The maximum atomic E-state index is 11.8. The highest BCUT2D eigenvalue weighted by Crippen LogP contribution is 2.23.